The molecule has 108 valence electrons. The van der Waals surface area contributed by atoms with Crippen molar-refractivity contribution >= 4 is 17.3 Å². The predicted octanol–water partition coefficient (Wildman–Crippen LogP) is 2.27. The highest BCUT2D eigenvalue weighted by Gasteiger charge is 2.37. The van der Waals surface area contributed by atoms with Crippen LogP contribution in [0.3, 0.4) is 0 Å². The third kappa shape index (κ3) is 2.98. The van der Waals surface area contributed by atoms with E-state index >= 15 is 0 Å². The largest absolute Gasteiger partial charge is 0.487 e. The molecule has 2 N–H and O–H groups in total. The van der Waals surface area contributed by atoms with Gasteiger partial charge in [0, 0.05) is 0 Å². The van der Waals surface area contributed by atoms with Crippen LogP contribution in [0, 0.1) is 16.0 Å². The number of para-hydroxylation sites is 1. The van der Waals surface area contributed by atoms with Crippen LogP contribution >= 0.6 is 0 Å². The Balaban J connectivity index is 2.32. The lowest BCUT2D eigenvalue weighted by Crippen LogP contribution is -2.31. The lowest BCUT2D eigenvalue weighted by atomic mass is 10.1. The summed E-state index contributed by atoms with van der Waals surface area (Å²) in [4.78, 5) is 21.8. The molecule has 0 aliphatic heterocycles. The summed E-state index contributed by atoms with van der Waals surface area (Å²) in [6, 6.07) is 3.80. The number of anilines is 1. The Morgan fingerprint density at radius 2 is 2.30 bits per heavy atom. The van der Waals surface area contributed by atoms with E-state index in [2.05, 4.69) is 5.32 Å². The van der Waals surface area contributed by atoms with Gasteiger partial charge in [-0.2, -0.15) is 0 Å². The summed E-state index contributed by atoms with van der Waals surface area (Å²) in [7, 11) is 0. The third-order valence-electron chi connectivity index (χ3n) is 3.15. The first-order valence-electron chi connectivity index (χ1n) is 6.44. The molecule has 20 heavy (non-hydrogen) atoms. The third-order valence-corrected chi connectivity index (χ3v) is 3.15. The number of carbonyl (C=O) groups is 1. The van der Waals surface area contributed by atoms with Crippen molar-refractivity contribution in [3.8, 4) is 5.75 Å². The molecule has 1 atom stereocenters. The fourth-order valence-electron chi connectivity index (χ4n) is 2.08. The first-order chi connectivity index (χ1) is 9.54. The normalized spacial score (nSPS) is 15.4. The standard InChI is InChI=1S/C13H16N2O5/c1-2-20-10-5-3-4-9(12(10)15(18)19)14-11(13(16)17)8-6-7-8/h3-5,8,11,14H,2,6-7H2,1H3,(H,16,17). The van der Waals surface area contributed by atoms with Crippen molar-refractivity contribution in [1.29, 1.82) is 0 Å². The van der Waals surface area contributed by atoms with E-state index in [0.29, 0.717) is 6.61 Å². The van der Waals surface area contributed by atoms with Crippen molar-refractivity contribution < 1.29 is 19.6 Å². The zero-order valence-electron chi connectivity index (χ0n) is 11.0. The van der Waals surface area contributed by atoms with Crippen molar-refractivity contribution in [2.75, 3.05) is 11.9 Å². The van der Waals surface area contributed by atoms with Gasteiger partial charge in [-0.05, 0) is 37.8 Å². The number of nitrogens with one attached hydrogen (secondary N) is 1. The quantitative estimate of drug-likeness (QED) is 0.586. The first-order valence-corrected chi connectivity index (χ1v) is 6.44. The van der Waals surface area contributed by atoms with Gasteiger partial charge in [-0.25, -0.2) is 4.79 Å². The van der Waals surface area contributed by atoms with Crippen LogP contribution in [0.5, 0.6) is 5.75 Å². The van der Waals surface area contributed by atoms with Crippen LogP contribution in [-0.4, -0.2) is 28.6 Å². The summed E-state index contributed by atoms with van der Waals surface area (Å²) < 4.78 is 5.23. The smallest absolute Gasteiger partial charge is 0.333 e. The zero-order valence-corrected chi connectivity index (χ0v) is 11.0. The van der Waals surface area contributed by atoms with E-state index < -0.39 is 16.9 Å². The summed E-state index contributed by atoms with van der Waals surface area (Å²) in [5, 5.41) is 23.1. The minimum atomic E-state index is -0.997. The first kappa shape index (κ1) is 14.1. The van der Waals surface area contributed by atoms with Gasteiger partial charge < -0.3 is 15.2 Å². The Labute approximate surface area is 115 Å². The predicted molar refractivity (Wildman–Crippen MR) is 72.0 cm³/mol. The van der Waals surface area contributed by atoms with Crippen LogP contribution in [0.15, 0.2) is 18.2 Å². The van der Waals surface area contributed by atoms with Crippen LogP contribution in [0.25, 0.3) is 0 Å². The molecule has 7 heteroatoms. The Hall–Kier alpha value is -2.31. The minimum absolute atomic E-state index is 0.0304. The Kier molecular flexibility index (Phi) is 4.07. The van der Waals surface area contributed by atoms with Gasteiger partial charge in [-0.15, -0.1) is 0 Å². The fraction of sp³-hybridized carbons (Fsp3) is 0.462. The number of hydrogen-bond donors (Lipinski definition) is 2. The average molecular weight is 280 g/mol. The van der Waals surface area contributed by atoms with Crippen molar-refractivity contribution in [2.45, 2.75) is 25.8 Å². The van der Waals surface area contributed by atoms with Gasteiger partial charge in [-0.1, -0.05) is 6.07 Å². The second kappa shape index (κ2) is 5.77. The molecule has 0 heterocycles. The van der Waals surface area contributed by atoms with E-state index in [4.69, 9.17) is 4.74 Å². The Morgan fingerprint density at radius 3 is 2.80 bits per heavy atom. The van der Waals surface area contributed by atoms with Gasteiger partial charge in [-0.3, -0.25) is 10.1 Å². The minimum Gasteiger partial charge on any atom is -0.487 e. The highest BCUT2D eigenvalue weighted by atomic mass is 16.6. The van der Waals surface area contributed by atoms with Gasteiger partial charge in [0.1, 0.15) is 11.7 Å². The molecule has 1 aromatic rings. The molecule has 7 nitrogen and oxygen atoms in total. The van der Waals surface area contributed by atoms with Crippen LogP contribution in [0.4, 0.5) is 11.4 Å². The van der Waals surface area contributed by atoms with Crippen LogP contribution < -0.4 is 10.1 Å². The maximum Gasteiger partial charge on any atom is 0.333 e. The number of nitrogens with zero attached hydrogens (tertiary/aromatic N) is 1. The van der Waals surface area contributed by atoms with Crippen LogP contribution in [0.1, 0.15) is 19.8 Å². The molecule has 1 aliphatic rings. The summed E-state index contributed by atoms with van der Waals surface area (Å²) in [6.45, 7) is 2.03. The number of aliphatic carboxylic acids is 1. The highest BCUT2D eigenvalue weighted by molar-refractivity contribution is 5.80. The van der Waals surface area contributed by atoms with E-state index in [1.54, 1.807) is 13.0 Å². The van der Waals surface area contributed by atoms with E-state index in [-0.39, 0.29) is 23.0 Å². The number of carboxylic acid groups (broad SMARTS) is 1. The lowest BCUT2D eigenvalue weighted by molar-refractivity contribution is -0.385. The molecule has 1 aromatic carbocycles. The van der Waals surface area contributed by atoms with Crippen molar-refractivity contribution in [3.63, 3.8) is 0 Å². The molecular weight excluding hydrogens is 264 g/mol. The summed E-state index contributed by atoms with van der Waals surface area (Å²) >= 11 is 0. The molecule has 1 aliphatic carbocycles. The second-order valence-corrected chi connectivity index (χ2v) is 4.64. The summed E-state index contributed by atoms with van der Waals surface area (Å²) in [5.41, 5.74) is -0.0403. The maximum absolute atomic E-state index is 11.2. The average Bonchev–Trinajstić information content (AvgIpc) is 3.20. The Morgan fingerprint density at radius 1 is 1.60 bits per heavy atom. The monoisotopic (exact) mass is 280 g/mol. The Bertz CT molecular complexity index is 527. The van der Waals surface area contributed by atoms with E-state index in [1.165, 1.54) is 12.1 Å². The zero-order chi connectivity index (χ0) is 14.7. The number of benzene rings is 1. The summed E-state index contributed by atoms with van der Waals surface area (Å²) in [6.07, 6.45) is 1.64. The molecule has 0 aromatic heterocycles. The number of nitro groups is 1. The van der Waals surface area contributed by atoms with Crippen LogP contribution in [0.2, 0.25) is 0 Å². The van der Waals surface area contributed by atoms with E-state index in [0.717, 1.165) is 12.8 Å². The van der Waals surface area contributed by atoms with Gasteiger partial charge in [0.05, 0.1) is 11.5 Å². The molecule has 2 rings (SSSR count). The number of rotatable bonds is 7. The molecule has 0 spiro atoms. The van der Waals surface area contributed by atoms with Gasteiger partial charge in [0.2, 0.25) is 0 Å². The van der Waals surface area contributed by atoms with Crippen molar-refractivity contribution in [3.05, 3.63) is 28.3 Å². The molecular formula is C13H16N2O5. The molecule has 1 unspecified atom stereocenters. The van der Waals surface area contributed by atoms with E-state index in [1.807, 2.05) is 0 Å². The van der Waals surface area contributed by atoms with Crippen molar-refractivity contribution in [1.82, 2.24) is 0 Å². The molecule has 0 bridgehead atoms. The fourth-order valence-corrected chi connectivity index (χ4v) is 2.08. The lowest BCUT2D eigenvalue weighted by Gasteiger charge is -2.16. The number of ether oxygens (including phenoxy) is 1. The molecule has 1 fully saturated rings. The second-order valence-electron chi connectivity index (χ2n) is 4.64. The molecule has 1 saturated carbocycles. The molecule has 0 radical (unpaired) electrons. The van der Waals surface area contributed by atoms with Gasteiger partial charge in [0.25, 0.3) is 0 Å². The maximum atomic E-state index is 11.2. The molecule has 0 amide bonds. The highest BCUT2D eigenvalue weighted by Crippen LogP contribution is 2.39. The molecule has 0 saturated heterocycles. The van der Waals surface area contributed by atoms with Crippen LogP contribution in [-0.2, 0) is 4.79 Å². The summed E-state index contributed by atoms with van der Waals surface area (Å²) in [5.74, 6) is -0.825. The number of hydrogen-bond acceptors (Lipinski definition) is 5. The van der Waals surface area contributed by atoms with E-state index in [9.17, 15) is 20.0 Å². The number of carboxylic acids is 1. The topological polar surface area (TPSA) is 102 Å². The number of nitro benzene ring substituents is 1. The van der Waals surface area contributed by atoms with Gasteiger partial charge >= 0.3 is 11.7 Å². The van der Waals surface area contributed by atoms with Gasteiger partial charge in [0.15, 0.2) is 5.75 Å². The van der Waals surface area contributed by atoms with Crippen molar-refractivity contribution in [2.24, 2.45) is 5.92 Å². The SMILES string of the molecule is CCOc1cccc(NC(C(=O)O)C2CC2)c1[N+](=O)[O-].